The molecule has 18 heavy (non-hydrogen) atoms. The highest BCUT2D eigenvalue weighted by atomic mass is 32.1. The van der Waals surface area contributed by atoms with Gasteiger partial charge in [0.25, 0.3) is 5.91 Å². The van der Waals surface area contributed by atoms with Crippen LogP contribution in [0.3, 0.4) is 0 Å². The molecule has 0 aliphatic rings. The zero-order valence-corrected chi connectivity index (χ0v) is 11.9. The molecule has 0 bridgehead atoms. The molecule has 1 aromatic rings. The number of nitrogens with two attached hydrogens (primary N) is 1. The van der Waals surface area contributed by atoms with Crippen molar-refractivity contribution in [3.05, 3.63) is 17.5 Å². The Balaban J connectivity index is 2.77. The van der Waals surface area contributed by atoms with Crippen molar-refractivity contribution in [3.63, 3.8) is 0 Å². The highest BCUT2D eigenvalue weighted by Crippen LogP contribution is 2.06. The molecule has 0 aliphatic carbocycles. The zero-order chi connectivity index (χ0) is 13.7. The number of carbonyl (C=O) groups excluding carboxylic acids is 1. The largest absolute Gasteiger partial charge is 0.393 e. The minimum Gasteiger partial charge on any atom is -0.393 e. The number of hydrogen-bond acceptors (Lipinski definition) is 3. The second-order valence-electron chi connectivity index (χ2n) is 4.24. The molecule has 0 saturated carbocycles. The van der Waals surface area contributed by atoms with Gasteiger partial charge in [0, 0.05) is 19.0 Å². The molecule has 0 aliphatic heterocycles. The second kappa shape index (κ2) is 6.49. The smallest absolute Gasteiger partial charge is 0.269 e. The van der Waals surface area contributed by atoms with E-state index in [1.807, 2.05) is 26.8 Å². The molecule has 5 nitrogen and oxygen atoms in total. The van der Waals surface area contributed by atoms with Crippen molar-refractivity contribution in [2.75, 3.05) is 0 Å². The molecule has 100 valence electrons. The van der Waals surface area contributed by atoms with Gasteiger partial charge in [0.15, 0.2) is 0 Å². The summed E-state index contributed by atoms with van der Waals surface area (Å²) in [6.45, 7) is 6.53. The number of nitrogens with one attached hydrogen (secondary N) is 1. The Morgan fingerprint density at radius 1 is 1.61 bits per heavy atom. The number of thiocarbonyl (C=S) groups is 1. The standard InChI is InChI=1S/C12H20N4OS/c1-4-9-7-10(16(5-2)15-9)12(17)14-8(3)6-11(13)18/h7-8H,4-6H2,1-3H3,(H2,13,18)(H,14,17). The summed E-state index contributed by atoms with van der Waals surface area (Å²) in [7, 11) is 0. The van der Waals surface area contributed by atoms with E-state index in [1.165, 1.54) is 0 Å². The quantitative estimate of drug-likeness (QED) is 0.762. The molecule has 0 radical (unpaired) electrons. The topological polar surface area (TPSA) is 72.9 Å². The van der Waals surface area contributed by atoms with Gasteiger partial charge in [-0.2, -0.15) is 5.10 Å². The van der Waals surface area contributed by atoms with Crippen molar-refractivity contribution in [3.8, 4) is 0 Å². The first kappa shape index (κ1) is 14.6. The number of hydrogen-bond donors (Lipinski definition) is 2. The van der Waals surface area contributed by atoms with Crippen LogP contribution in [0.1, 0.15) is 43.4 Å². The molecule has 0 fully saturated rings. The summed E-state index contributed by atoms with van der Waals surface area (Å²) in [6, 6.07) is 1.76. The van der Waals surface area contributed by atoms with Gasteiger partial charge in [0.05, 0.1) is 10.7 Å². The summed E-state index contributed by atoms with van der Waals surface area (Å²) >= 11 is 4.82. The number of carbonyl (C=O) groups is 1. The number of aromatic nitrogens is 2. The molecule has 1 rings (SSSR count). The Labute approximate surface area is 113 Å². The first-order valence-corrected chi connectivity index (χ1v) is 6.54. The van der Waals surface area contributed by atoms with Crippen molar-refractivity contribution in [1.82, 2.24) is 15.1 Å². The van der Waals surface area contributed by atoms with Crippen LogP contribution in [0.2, 0.25) is 0 Å². The Kier molecular flexibility index (Phi) is 5.27. The lowest BCUT2D eigenvalue weighted by Crippen LogP contribution is -2.36. The van der Waals surface area contributed by atoms with Gasteiger partial charge in [-0.3, -0.25) is 9.48 Å². The van der Waals surface area contributed by atoms with Crippen LogP contribution in [0.25, 0.3) is 0 Å². The summed E-state index contributed by atoms with van der Waals surface area (Å²) in [6.07, 6.45) is 1.32. The number of rotatable bonds is 6. The predicted molar refractivity (Wildman–Crippen MR) is 75.6 cm³/mol. The lowest BCUT2D eigenvalue weighted by Gasteiger charge is -2.13. The molecule has 6 heteroatoms. The van der Waals surface area contributed by atoms with Crippen molar-refractivity contribution in [2.45, 2.75) is 46.2 Å². The van der Waals surface area contributed by atoms with Gasteiger partial charge in [0.1, 0.15) is 5.69 Å². The monoisotopic (exact) mass is 268 g/mol. The fraction of sp³-hybridized carbons (Fsp3) is 0.583. The molecule has 1 aromatic heterocycles. The van der Waals surface area contributed by atoms with Crippen LogP contribution in [-0.4, -0.2) is 26.7 Å². The summed E-state index contributed by atoms with van der Waals surface area (Å²) in [5, 5.41) is 7.21. The van der Waals surface area contributed by atoms with E-state index >= 15 is 0 Å². The first-order valence-electron chi connectivity index (χ1n) is 6.13. The van der Waals surface area contributed by atoms with Crippen LogP contribution in [0.4, 0.5) is 0 Å². The molecule has 0 spiro atoms. The number of aryl methyl sites for hydroxylation is 2. The summed E-state index contributed by atoms with van der Waals surface area (Å²) < 4.78 is 1.71. The van der Waals surface area contributed by atoms with Gasteiger partial charge in [-0.1, -0.05) is 19.1 Å². The SMILES string of the molecule is CCc1cc(C(=O)NC(C)CC(N)=S)n(CC)n1. The zero-order valence-electron chi connectivity index (χ0n) is 11.1. The van der Waals surface area contributed by atoms with Gasteiger partial charge in [0.2, 0.25) is 0 Å². The van der Waals surface area contributed by atoms with Crippen LogP contribution < -0.4 is 11.1 Å². The Morgan fingerprint density at radius 2 is 2.28 bits per heavy atom. The van der Waals surface area contributed by atoms with Crippen LogP contribution >= 0.6 is 12.2 Å². The Hall–Kier alpha value is -1.43. The van der Waals surface area contributed by atoms with E-state index in [9.17, 15) is 4.79 Å². The fourth-order valence-corrected chi connectivity index (χ4v) is 1.97. The number of amides is 1. The van der Waals surface area contributed by atoms with Crippen LogP contribution in [0, 0.1) is 0 Å². The Bertz CT molecular complexity index is 441. The van der Waals surface area contributed by atoms with Crippen LogP contribution in [-0.2, 0) is 13.0 Å². The molecule has 0 saturated heterocycles. The van der Waals surface area contributed by atoms with Gasteiger partial charge in [-0.15, -0.1) is 0 Å². The maximum atomic E-state index is 12.1. The van der Waals surface area contributed by atoms with Gasteiger partial charge in [-0.25, -0.2) is 0 Å². The van der Waals surface area contributed by atoms with Crippen molar-refractivity contribution >= 4 is 23.1 Å². The molecular weight excluding hydrogens is 248 g/mol. The molecule has 0 aromatic carbocycles. The molecule has 1 amide bonds. The predicted octanol–water partition coefficient (Wildman–Crippen LogP) is 1.26. The van der Waals surface area contributed by atoms with E-state index in [0.29, 0.717) is 23.6 Å². The van der Waals surface area contributed by atoms with E-state index in [-0.39, 0.29) is 11.9 Å². The van der Waals surface area contributed by atoms with E-state index in [0.717, 1.165) is 12.1 Å². The lowest BCUT2D eigenvalue weighted by atomic mass is 10.2. The molecule has 3 N–H and O–H groups in total. The summed E-state index contributed by atoms with van der Waals surface area (Å²) in [4.78, 5) is 12.5. The highest BCUT2D eigenvalue weighted by molar-refractivity contribution is 7.80. The first-order chi connectivity index (χ1) is 8.47. The second-order valence-corrected chi connectivity index (χ2v) is 4.76. The molecular formula is C12H20N4OS. The normalized spacial score (nSPS) is 12.2. The molecule has 1 unspecified atom stereocenters. The molecule has 1 heterocycles. The van der Waals surface area contributed by atoms with Gasteiger partial charge in [-0.05, 0) is 26.3 Å². The average molecular weight is 268 g/mol. The average Bonchev–Trinajstić information content (AvgIpc) is 2.70. The van der Waals surface area contributed by atoms with E-state index < -0.39 is 0 Å². The van der Waals surface area contributed by atoms with Gasteiger partial charge >= 0.3 is 0 Å². The van der Waals surface area contributed by atoms with E-state index in [4.69, 9.17) is 18.0 Å². The third kappa shape index (κ3) is 3.80. The minimum atomic E-state index is -0.132. The van der Waals surface area contributed by atoms with Crippen molar-refractivity contribution in [2.24, 2.45) is 5.73 Å². The van der Waals surface area contributed by atoms with Crippen LogP contribution in [0.15, 0.2) is 6.07 Å². The maximum absolute atomic E-state index is 12.1. The van der Waals surface area contributed by atoms with Gasteiger partial charge < -0.3 is 11.1 Å². The third-order valence-electron chi connectivity index (χ3n) is 2.61. The highest BCUT2D eigenvalue weighted by Gasteiger charge is 2.16. The van der Waals surface area contributed by atoms with Crippen LogP contribution in [0.5, 0.6) is 0 Å². The fourth-order valence-electron chi connectivity index (χ4n) is 1.72. The van der Waals surface area contributed by atoms with E-state index in [1.54, 1.807) is 4.68 Å². The summed E-state index contributed by atoms with van der Waals surface area (Å²) in [5.41, 5.74) is 6.96. The minimum absolute atomic E-state index is 0.0692. The lowest BCUT2D eigenvalue weighted by molar-refractivity contribution is 0.0930. The van der Waals surface area contributed by atoms with E-state index in [2.05, 4.69) is 10.4 Å². The summed E-state index contributed by atoms with van der Waals surface area (Å²) in [5.74, 6) is -0.132. The Morgan fingerprint density at radius 3 is 2.78 bits per heavy atom. The third-order valence-corrected chi connectivity index (χ3v) is 2.78. The maximum Gasteiger partial charge on any atom is 0.269 e. The van der Waals surface area contributed by atoms with Crippen molar-refractivity contribution < 1.29 is 4.79 Å². The van der Waals surface area contributed by atoms with Crippen molar-refractivity contribution in [1.29, 1.82) is 0 Å². The number of nitrogens with zero attached hydrogens (tertiary/aromatic N) is 2. The molecule has 1 atom stereocenters.